The Bertz CT molecular complexity index is 604. The van der Waals surface area contributed by atoms with E-state index < -0.39 is 9.84 Å². The van der Waals surface area contributed by atoms with Crippen LogP contribution >= 0.6 is 11.6 Å². The second kappa shape index (κ2) is 6.55. The van der Waals surface area contributed by atoms with E-state index in [1.165, 1.54) is 0 Å². The molecule has 1 aromatic rings. The molecular weight excluding hydrogens is 308 g/mol. The van der Waals surface area contributed by atoms with Crippen molar-refractivity contribution in [3.8, 4) is 0 Å². The average molecular weight is 331 g/mol. The molecule has 0 bridgehead atoms. The Labute approximate surface area is 132 Å². The second-order valence-corrected chi connectivity index (χ2v) is 8.41. The van der Waals surface area contributed by atoms with Gasteiger partial charge in [0, 0.05) is 29.8 Å². The van der Waals surface area contributed by atoms with Crippen LogP contribution in [0.4, 0.5) is 5.69 Å². The summed E-state index contributed by atoms with van der Waals surface area (Å²) in [5.41, 5.74) is 8.07. The van der Waals surface area contributed by atoms with E-state index in [9.17, 15) is 8.42 Å². The van der Waals surface area contributed by atoms with Gasteiger partial charge in [-0.1, -0.05) is 24.6 Å². The van der Waals surface area contributed by atoms with Crippen LogP contribution in [0, 0.1) is 0 Å². The summed E-state index contributed by atoms with van der Waals surface area (Å²) in [6.07, 6.45) is 2.26. The lowest BCUT2D eigenvalue weighted by atomic mass is 10.0. The van der Waals surface area contributed by atoms with Crippen molar-refractivity contribution in [1.82, 2.24) is 0 Å². The summed E-state index contributed by atoms with van der Waals surface area (Å²) in [6.45, 7) is 2.05. The van der Waals surface area contributed by atoms with Gasteiger partial charge in [-0.05, 0) is 37.0 Å². The maximum absolute atomic E-state index is 11.7. The molecule has 1 fully saturated rings. The van der Waals surface area contributed by atoms with Crippen molar-refractivity contribution in [3.63, 3.8) is 0 Å². The van der Waals surface area contributed by atoms with Gasteiger partial charge in [0.25, 0.3) is 0 Å². The van der Waals surface area contributed by atoms with Crippen LogP contribution in [0.1, 0.15) is 25.3 Å². The molecule has 2 rings (SSSR count). The van der Waals surface area contributed by atoms with Crippen LogP contribution in [0.2, 0.25) is 5.02 Å². The summed E-state index contributed by atoms with van der Waals surface area (Å²) in [4.78, 5) is 2.05. The zero-order chi connectivity index (χ0) is 15.6. The lowest BCUT2D eigenvalue weighted by Crippen LogP contribution is -2.34. The van der Waals surface area contributed by atoms with Gasteiger partial charge in [0.05, 0.1) is 11.5 Å². The van der Waals surface area contributed by atoms with Gasteiger partial charge >= 0.3 is 0 Å². The van der Waals surface area contributed by atoms with E-state index in [0.717, 1.165) is 17.7 Å². The maximum atomic E-state index is 11.7. The van der Waals surface area contributed by atoms with Gasteiger partial charge in [0.2, 0.25) is 0 Å². The summed E-state index contributed by atoms with van der Waals surface area (Å²) in [7, 11) is -0.956. The molecule has 1 aliphatic rings. The van der Waals surface area contributed by atoms with E-state index in [1.54, 1.807) is 0 Å². The van der Waals surface area contributed by atoms with Crippen LogP contribution in [0.25, 0.3) is 0 Å². The minimum absolute atomic E-state index is 0.0186. The molecule has 1 aliphatic heterocycles. The highest BCUT2D eigenvalue weighted by molar-refractivity contribution is 7.91. The molecule has 6 heteroatoms. The second-order valence-electron chi connectivity index (χ2n) is 5.78. The average Bonchev–Trinajstić information content (AvgIpc) is 2.80. The minimum Gasteiger partial charge on any atom is -0.370 e. The van der Waals surface area contributed by atoms with E-state index in [1.807, 2.05) is 30.1 Å². The van der Waals surface area contributed by atoms with Crippen molar-refractivity contribution in [2.75, 3.05) is 23.5 Å². The number of sulfone groups is 1. The predicted octanol–water partition coefficient (Wildman–Crippen LogP) is 2.24. The van der Waals surface area contributed by atoms with Crippen molar-refractivity contribution in [2.45, 2.75) is 38.3 Å². The lowest BCUT2D eigenvalue weighted by molar-refractivity contribution is 0.600. The Morgan fingerprint density at radius 3 is 2.76 bits per heavy atom. The van der Waals surface area contributed by atoms with E-state index in [4.69, 9.17) is 17.3 Å². The zero-order valence-corrected chi connectivity index (χ0v) is 14.1. The molecule has 2 N–H and O–H groups in total. The van der Waals surface area contributed by atoms with Crippen LogP contribution in [-0.2, 0) is 16.3 Å². The Morgan fingerprint density at radius 2 is 2.19 bits per heavy atom. The van der Waals surface area contributed by atoms with Gasteiger partial charge in [-0.25, -0.2) is 8.42 Å². The van der Waals surface area contributed by atoms with E-state index in [2.05, 4.69) is 6.92 Å². The quantitative estimate of drug-likeness (QED) is 0.899. The van der Waals surface area contributed by atoms with Gasteiger partial charge in [-0.15, -0.1) is 0 Å². The molecule has 21 heavy (non-hydrogen) atoms. The molecule has 0 aliphatic carbocycles. The van der Waals surface area contributed by atoms with Crippen molar-refractivity contribution in [2.24, 2.45) is 5.73 Å². The number of rotatable bonds is 5. The number of anilines is 1. The highest BCUT2D eigenvalue weighted by Gasteiger charge is 2.31. The molecule has 1 aromatic carbocycles. The zero-order valence-electron chi connectivity index (χ0n) is 12.5. The molecule has 0 radical (unpaired) electrons. The van der Waals surface area contributed by atoms with Crippen molar-refractivity contribution < 1.29 is 8.42 Å². The van der Waals surface area contributed by atoms with Crippen molar-refractivity contribution in [3.05, 3.63) is 28.8 Å². The summed E-state index contributed by atoms with van der Waals surface area (Å²) in [5.74, 6) is 0.488. The first kappa shape index (κ1) is 16.6. The Balaban J connectivity index is 2.28. The normalized spacial score (nSPS) is 22.2. The predicted molar refractivity (Wildman–Crippen MR) is 88.9 cm³/mol. The summed E-state index contributed by atoms with van der Waals surface area (Å²) in [6, 6.07) is 5.84. The largest absolute Gasteiger partial charge is 0.370 e. The van der Waals surface area contributed by atoms with Gasteiger partial charge in [-0.2, -0.15) is 0 Å². The Hall–Kier alpha value is -0.780. The number of benzene rings is 1. The summed E-state index contributed by atoms with van der Waals surface area (Å²) < 4.78 is 23.4. The van der Waals surface area contributed by atoms with E-state index in [0.29, 0.717) is 17.9 Å². The Kier molecular flexibility index (Phi) is 5.17. The van der Waals surface area contributed by atoms with Gasteiger partial charge in [0.15, 0.2) is 9.84 Å². The van der Waals surface area contributed by atoms with Crippen LogP contribution in [-0.4, -0.2) is 39.1 Å². The number of hydrogen-bond acceptors (Lipinski definition) is 4. The third-order valence-electron chi connectivity index (χ3n) is 4.22. The Morgan fingerprint density at radius 1 is 1.48 bits per heavy atom. The molecule has 1 saturated heterocycles. The third-order valence-corrected chi connectivity index (χ3v) is 6.33. The SMILES string of the molecule is CCC(N)Cc1c(Cl)cccc1N(C)C1CCS(=O)(=O)C1. The summed E-state index contributed by atoms with van der Waals surface area (Å²) >= 11 is 6.34. The van der Waals surface area contributed by atoms with Gasteiger partial charge < -0.3 is 10.6 Å². The third kappa shape index (κ3) is 3.90. The molecule has 0 spiro atoms. The van der Waals surface area contributed by atoms with Crippen LogP contribution in [0.5, 0.6) is 0 Å². The minimum atomic E-state index is -2.90. The number of hydrogen-bond donors (Lipinski definition) is 1. The van der Waals surface area contributed by atoms with E-state index in [-0.39, 0.29) is 23.6 Å². The standard InChI is InChI=1S/C15H23ClN2O2S/c1-3-11(17)9-13-14(16)5-4-6-15(13)18(2)12-7-8-21(19,20)10-12/h4-6,11-12H,3,7-10,17H2,1-2H3. The van der Waals surface area contributed by atoms with Crippen LogP contribution in [0.15, 0.2) is 18.2 Å². The molecule has 118 valence electrons. The van der Waals surface area contributed by atoms with Crippen molar-refractivity contribution in [1.29, 1.82) is 0 Å². The fourth-order valence-electron chi connectivity index (χ4n) is 2.76. The highest BCUT2D eigenvalue weighted by atomic mass is 35.5. The first-order valence-corrected chi connectivity index (χ1v) is 9.50. The monoisotopic (exact) mass is 330 g/mol. The number of halogens is 1. The molecular formula is C15H23ClN2O2S. The molecule has 2 atom stereocenters. The van der Waals surface area contributed by atoms with Gasteiger partial charge in [0.1, 0.15) is 0 Å². The summed E-state index contributed by atoms with van der Waals surface area (Å²) in [5, 5.41) is 0.698. The molecule has 4 nitrogen and oxygen atoms in total. The fourth-order valence-corrected chi connectivity index (χ4v) is 4.78. The van der Waals surface area contributed by atoms with Crippen molar-refractivity contribution >= 4 is 27.1 Å². The smallest absolute Gasteiger partial charge is 0.152 e. The lowest BCUT2D eigenvalue weighted by Gasteiger charge is -2.29. The molecule has 2 unspecified atom stereocenters. The maximum Gasteiger partial charge on any atom is 0.152 e. The fraction of sp³-hybridized carbons (Fsp3) is 0.600. The first-order valence-electron chi connectivity index (χ1n) is 7.30. The molecule has 0 saturated carbocycles. The molecule has 1 heterocycles. The number of nitrogens with two attached hydrogens (primary N) is 1. The van der Waals surface area contributed by atoms with Gasteiger partial charge in [-0.3, -0.25) is 0 Å². The highest BCUT2D eigenvalue weighted by Crippen LogP contribution is 2.31. The number of nitrogens with zero attached hydrogens (tertiary/aromatic N) is 1. The topological polar surface area (TPSA) is 63.4 Å². The van der Waals surface area contributed by atoms with Crippen LogP contribution in [0.3, 0.4) is 0 Å². The van der Waals surface area contributed by atoms with E-state index >= 15 is 0 Å². The molecule has 0 aromatic heterocycles. The molecule has 0 amide bonds. The first-order chi connectivity index (χ1) is 9.84. The van der Waals surface area contributed by atoms with Crippen LogP contribution < -0.4 is 10.6 Å².